The number of esters is 1. The van der Waals surface area contributed by atoms with Crippen LogP contribution in [0.25, 0.3) is 0 Å². The summed E-state index contributed by atoms with van der Waals surface area (Å²) in [6.45, 7) is 0. The third kappa shape index (κ3) is 5.74. The molecule has 0 bridgehead atoms. The molecule has 2 aromatic carbocycles. The van der Waals surface area contributed by atoms with Crippen LogP contribution >= 0.6 is 35.6 Å². The molecule has 0 amide bonds. The molecule has 3 aromatic rings. The number of nitrogens with one attached hydrogen (secondary N) is 1. The molecule has 10 heteroatoms. The minimum absolute atomic E-state index is 0.149. The quantitative estimate of drug-likeness (QED) is 0.293. The summed E-state index contributed by atoms with van der Waals surface area (Å²) in [4.78, 5) is 16.5. The van der Waals surface area contributed by atoms with Crippen molar-refractivity contribution in [3.05, 3.63) is 70.4 Å². The Bertz CT molecular complexity index is 1230. The van der Waals surface area contributed by atoms with E-state index in [1.54, 1.807) is 32.2 Å². The Kier molecular flexibility index (Phi) is 8.20. The number of halogens is 1. The monoisotopic (exact) mass is 532 g/mol. The number of fused-ring (bicyclic) bond motifs is 1. The number of aryl methyl sites for hydroxylation is 1. The van der Waals surface area contributed by atoms with Gasteiger partial charge in [0, 0.05) is 29.1 Å². The Morgan fingerprint density at radius 2 is 2.03 bits per heavy atom. The number of oxazole rings is 1. The van der Waals surface area contributed by atoms with Crippen molar-refractivity contribution >= 4 is 52.2 Å². The molecule has 2 heterocycles. The van der Waals surface area contributed by atoms with E-state index in [2.05, 4.69) is 10.3 Å². The fourth-order valence-corrected chi connectivity index (χ4v) is 5.89. The number of anilines is 1. The number of methoxy groups -OCH3 is 3. The van der Waals surface area contributed by atoms with Crippen LogP contribution in [0.2, 0.25) is 5.02 Å². The summed E-state index contributed by atoms with van der Waals surface area (Å²) in [6, 6.07) is 11.5. The number of rotatable bonds is 8. The standard InChI is InChI=1S/C25H25ClN2O5S2/c1-30-19-6-4-5-16(23(19)32-3)24-17-11-14(26)7-9-18(17)28-25(34)20(35-24)12-21-27-13-15(33-21)8-10-22(29)31-2/h4-7,9,11,13,20,24H,8,10,12H2,1-3H3,(H,28,34)/t20-,24-/m0/s1. The van der Waals surface area contributed by atoms with Crippen LogP contribution in [-0.4, -0.2) is 42.5 Å². The number of carbonyl (C=O) groups is 1. The molecule has 0 spiro atoms. The van der Waals surface area contributed by atoms with Crippen LogP contribution in [0, 0.1) is 0 Å². The predicted octanol–water partition coefficient (Wildman–Crippen LogP) is 5.64. The third-order valence-corrected chi connectivity index (χ3v) is 7.91. The first-order valence-electron chi connectivity index (χ1n) is 10.9. The molecule has 4 rings (SSSR count). The predicted molar refractivity (Wildman–Crippen MR) is 141 cm³/mol. The number of aromatic nitrogens is 1. The average Bonchev–Trinajstić information content (AvgIpc) is 3.27. The molecule has 0 aliphatic carbocycles. The molecule has 0 saturated heterocycles. The van der Waals surface area contributed by atoms with Gasteiger partial charge in [0.15, 0.2) is 17.4 Å². The van der Waals surface area contributed by atoms with E-state index in [0.717, 1.165) is 16.8 Å². The van der Waals surface area contributed by atoms with Gasteiger partial charge in [0.05, 0.1) is 49.4 Å². The van der Waals surface area contributed by atoms with Gasteiger partial charge < -0.3 is 23.9 Å². The molecule has 0 fully saturated rings. The van der Waals surface area contributed by atoms with Crippen molar-refractivity contribution in [3.63, 3.8) is 0 Å². The summed E-state index contributed by atoms with van der Waals surface area (Å²) >= 11 is 13.9. The molecule has 2 atom stereocenters. The molecular weight excluding hydrogens is 508 g/mol. The lowest BCUT2D eigenvalue weighted by atomic mass is 10.0. The zero-order valence-electron chi connectivity index (χ0n) is 19.5. The van der Waals surface area contributed by atoms with Crippen LogP contribution in [0.4, 0.5) is 5.69 Å². The maximum Gasteiger partial charge on any atom is 0.305 e. The van der Waals surface area contributed by atoms with E-state index in [1.807, 2.05) is 36.4 Å². The van der Waals surface area contributed by atoms with E-state index in [-0.39, 0.29) is 22.9 Å². The molecule has 0 radical (unpaired) electrons. The van der Waals surface area contributed by atoms with Crippen molar-refractivity contribution in [1.82, 2.24) is 4.98 Å². The van der Waals surface area contributed by atoms with Crippen LogP contribution in [-0.2, 0) is 22.4 Å². The van der Waals surface area contributed by atoms with Crippen molar-refractivity contribution in [2.24, 2.45) is 0 Å². The molecule has 184 valence electrons. The summed E-state index contributed by atoms with van der Waals surface area (Å²) in [5.74, 6) is 2.19. The number of para-hydroxylation sites is 1. The summed E-state index contributed by atoms with van der Waals surface area (Å²) in [5.41, 5.74) is 2.82. The van der Waals surface area contributed by atoms with Gasteiger partial charge in [-0.05, 0) is 29.8 Å². The molecule has 1 N–H and O–H groups in total. The highest BCUT2D eigenvalue weighted by Crippen LogP contribution is 2.50. The second-order valence-electron chi connectivity index (χ2n) is 7.81. The number of ether oxygens (including phenoxy) is 3. The summed E-state index contributed by atoms with van der Waals surface area (Å²) in [7, 11) is 4.61. The van der Waals surface area contributed by atoms with Gasteiger partial charge in [-0.1, -0.05) is 36.0 Å². The Labute approximate surface area is 218 Å². The Morgan fingerprint density at radius 3 is 2.77 bits per heavy atom. The van der Waals surface area contributed by atoms with Gasteiger partial charge in [-0.25, -0.2) is 4.98 Å². The number of hydrogen-bond acceptors (Lipinski definition) is 8. The lowest BCUT2D eigenvalue weighted by Gasteiger charge is -2.23. The van der Waals surface area contributed by atoms with Gasteiger partial charge in [-0.15, -0.1) is 11.8 Å². The van der Waals surface area contributed by atoms with E-state index in [9.17, 15) is 4.79 Å². The highest BCUT2D eigenvalue weighted by molar-refractivity contribution is 8.02. The lowest BCUT2D eigenvalue weighted by Crippen LogP contribution is -2.24. The number of nitrogens with zero attached hydrogens (tertiary/aromatic N) is 1. The van der Waals surface area contributed by atoms with Crippen molar-refractivity contribution in [1.29, 1.82) is 0 Å². The van der Waals surface area contributed by atoms with E-state index in [0.29, 0.717) is 46.0 Å². The van der Waals surface area contributed by atoms with E-state index in [1.165, 1.54) is 7.11 Å². The fourth-order valence-electron chi connectivity index (χ4n) is 3.92. The van der Waals surface area contributed by atoms with Gasteiger partial charge in [-0.2, -0.15) is 0 Å². The SMILES string of the molecule is COC(=O)CCc1cnc(C[C@@H]2S[C@@H](c3cccc(OC)c3OC)c3cc(Cl)ccc3NC2=S)o1. The highest BCUT2D eigenvalue weighted by atomic mass is 35.5. The smallest absolute Gasteiger partial charge is 0.305 e. The number of thiocarbonyl (C=S) groups is 1. The highest BCUT2D eigenvalue weighted by Gasteiger charge is 2.33. The van der Waals surface area contributed by atoms with Gasteiger partial charge in [0.25, 0.3) is 0 Å². The molecule has 35 heavy (non-hydrogen) atoms. The summed E-state index contributed by atoms with van der Waals surface area (Å²) in [6.07, 6.45) is 2.78. The fraction of sp³-hybridized carbons (Fsp3) is 0.320. The number of hydrogen-bond donors (Lipinski definition) is 1. The van der Waals surface area contributed by atoms with Crippen molar-refractivity contribution in [2.45, 2.75) is 29.8 Å². The van der Waals surface area contributed by atoms with Gasteiger partial charge >= 0.3 is 5.97 Å². The second-order valence-corrected chi connectivity index (χ2v) is 10.00. The third-order valence-electron chi connectivity index (χ3n) is 5.63. The second kappa shape index (κ2) is 11.3. The Morgan fingerprint density at radius 1 is 1.20 bits per heavy atom. The first kappa shape index (κ1) is 25.3. The minimum Gasteiger partial charge on any atom is -0.493 e. The lowest BCUT2D eigenvalue weighted by molar-refractivity contribution is -0.140. The van der Waals surface area contributed by atoms with Gasteiger partial charge in [0.1, 0.15) is 5.76 Å². The molecule has 0 unspecified atom stereocenters. The van der Waals surface area contributed by atoms with E-state index < -0.39 is 0 Å². The molecule has 1 aromatic heterocycles. The molecule has 7 nitrogen and oxygen atoms in total. The molecule has 1 aliphatic heterocycles. The zero-order chi connectivity index (χ0) is 24.9. The van der Waals surface area contributed by atoms with Gasteiger partial charge in [0.2, 0.25) is 0 Å². The van der Waals surface area contributed by atoms with Crippen molar-refractivity contribution in [3.8, 4) is 11.5 Å². The van der Waals surface area contributed by atoms with Gasteiger partial charge in [-0.3, -0.25) is 4.79 Å². The summed E-state index contributed by atoms with van der Waals surface area (Å²) in [5, 5.41) is 3.72. The average molecular weight is 533 g/mol. The van der Waals surface area contributed by atoms with E-state index in [4.69, 9.17) is 42.4 Å². The van der Waals surface area contributed by atoms with Crippen LogP contribution < -0.4 is 14.8 Å². The normalized spacial score (nSPS) is 17.2. The van der Waals surface area contributed by atoms with Crippen LogP contribution in [0.15, 0.2) is 47.0 Å². The minimum atomic E-state index is -0.292. The van der Waals surface area contributed by atoms with Crippen molar-refractivity contribution in [2.75, 3.05) is 26.6 Å². The first-order chi connectivity index (χ1) is 16.9. The number of benzene rings is 2. The maximum absolute atomic E-state index is 11.4. The van der Waals surface area contributed by atoms with Crippen LogP contribution in [0.1, 0.15) is 34.4 Å². The Hall–Kier alpha value is -2.75. The Balaban J connectivity index is 1.67. The molecule has 1 aliphatic rings. The van der Waals surface area contributed by atoms with Crippen molar-refractivity contribution < 1.29 is 23.4 Å². The zero-order valence-corrected chi connectivity index (χ0v) is 21.9. The topological polar surface area (TPSA) is 82.8 Å². The number of thioether (sulfide) groups is 1. The summed E-state index contributed by atoms with van der Waals surface area (Å²) < 4.78 is 21.9. The van der Waals surface area contributed by atoms with Crippen LogP contribution in [0.5, 0.6) is 11.5 Å². The maximum atomic E-state index is 11.4. The first-order valence-corrected chi connectivity index (χ1v) is 12.6. The number of carbonyl (C=O) groups excluding carboxylic acids is 1. The molecular formula is C25H25ClN2O5S2. The molecule has 0 saturated carbocycles. The van der Waals surface area contributed by atoms with Crippen LogP contribution in [0.3, 0.4) is 0 Å². The van der Waals surface area contributed by atoms with E-state index >= 15 is 0 Å². The largest absolute Gasteiger partial charge is 0.493 e.